The Morgan fingerprint density at radius 1 is 0.865 bits per heavy atom. The lowest BCUT2D eigenvalue weighted by molar-refractivity contribution is 0.462. The van der Waals surface area contributed by atoms with Gasteiger partial charge in [-0.2, -0.15) is 5.10 Å². The third-order valence-corrected chi connectivity index (χ3v) is 7.33. The SMILES string of the molecule is CCCc1ccc(-c2nn(-c3ccccc3)c3c2C(c2ccc(Cl)cc2)N2C=C(Cl)C=C(Cl)C2=N3)cc1. The summed E-state index contributed by atoms with van der Waals surface area (Å²) < 4.78 is 1.90. The van der Waals surface area contributed by atoms with E-state index in [4.69, 9.17) is 44.9 Å². The van der Waals surface area contributed by atoms with Gasteiger partial charge in [-0.1, -0.05) is 103 Å². The molecular weight excluding hydrogens is 523 g/mol. The number of amidine groups is 1. The van der Waals surface area contributed by atoms with Crippen LogP contribution in [0.2, 0.25) is 5.02 Å². The summed E-state index contributed by atoms with van der Waals surface area (Å²) in [5.74, 6) is 1.36. The zero-order valence-corrected chi connectivity index (χ0v) is 22.3. The molecule has 4 aromatic rings. The number of aromatic nitrogens is 2. The molecule has 0 aliphatic carbocycles. The molecule has 7 heteroatoms. The Kier molecular flexibility index (Phi) is 6.41. The van der Waals surface area contributed by atoms with Crippen LogP contribution < -0.4 is 0 Å². The highest BCUT2D eigenvalue weighted by Crippen LogP contribution is 2.48. The number of hydrogen-bond donors (Lipinski definition) is 0. The van der Waals surface area contributed by atoms with E-state index in [1.54, 1.807) is 6.08 Å². The van der Waals surface area contributed by atoms with Crippen LogP contribution in [0.3, 0.4) is 0 Å². The number of hydrogen-bond acceptors (Lipinski definition) is 3. The van der Waals surface area contributed by atoms with Crippen LogP contribution >= 0.6 is 34.8 Å². The summed E-state index contributed by atoms with van der Waals surface area (Å²) in [4.78, 5) is 7.09. The molecule has 2 aliphatic rings. The third kappa shape index (κ3) is 4.40. The quantitative estimate of drug-likeness (QED) is 0.251. The molecule has 0 bridgehead atoms. The number of nitrogens with zero attached hydrogens (tertiary/aromatic N) is 4. The highest BCUT2D eigenvalue weighted by Gasteiger charge is 2.39. The van der Waals surface area contributed by atoms with E-state index in [2.05, 4.69) is 31.2 Å². The topological polar surface area (TPSA) is 33.4 Å². The van der Waals surface area contributed by atoms with E-state index in [0.717, 1.165) is 46.7 Å². The maximum atomic E-state index is 6.71. The normalized spacial score (nSPS) is 16.5. The van der Waals surface area contributed by atoms with Gasteiger partial charge in [-0.25, -0.2) is 9.67 Å². The van der Waals surface area contributed by atoms with Crippen LogP contribution in [-0.4, -0.2) is 20.5 Å². The lowest BCUT2D eigenvalue weighted by atomic mass is 9.92. The molecule has 0 amide bonds. The number of aliphatic imine (C=N–C) groups is 1. The Morgan fingerprint density at radius 2 is 1.59 bits per heavy atom. The van der Waals surface area contributed by atoms with Gasteiger partial charge in [0.25, 0.3) is 0 Å². The van der Waals surface area contributed by atoms with Gasteiger partial charge < -0.3 is 4.90 Å². The van der Waals surface area contributed by atoms with E-state index in [0.29, 0.717) is 20.9 Å². The van der Waals surface area contributed by atoms with Crippen LogP contribution in [0.1, 0.15) is 36.1 Å². The van der Waals surface area contributed by atoms with Crippen molar-refractivity contribution >= 4 is 46.5 Å². The predicted molar refractivity (Wildman–Crippen MR) is 153 cm³/mol. The second-order valence-electron chi connectivity index (χ2n) is 9.08. The molecule has 1 aromatic heterocycles. The minimum Gasteiger partial charge on any atom is -0.318 e. The molecule has 1 atom stereocenters. The number of para-hydroxylation sites is 1. The summed E-state index contributed by atoms with van der Waals surface area (Å²) >= 11 is 19.5. The number of allylic oxidation sites excluding steroid dienone is 2. The summed E-state index contributed by atoms with van der Waals surface area (Å²) in [6, 6.07) is 26.3. The average molecular weight is 546 g/mol. The molecular formula is C30H23Cl3N4. The molecule has 184 valence electrons. The van der Waals surface area contributed by atoms with E-state index in [1.165, 1.54) is 5.56 Å². The molecule has 0 radical (unpaired) electrons. The monoisotopic (exact) mass is 544 g/mol. The van der Waals surface area contributed by atoms with E-state index >= 15 is 0 Å². The molecule has 1 unspecified atom stereocenters. The molecule has 6 rings (SSSR count). The van der Waals surface area contributed by atoms with Crippen LogP contribution in [0.5, 0.6) is 0 Å². The minimum absolute atomic E-state index is 0.265. The third-order valence-electron chi connectivity index (χ3n) is 6.60. The Balaban J connectivity index is 1.64. The molecule has 3 aromatic carbocycles. The van der Waals surface area contributed by atoms with Crippen molar-refractivity contribution in [3.8, 4) is 16.9 Å². The lowest BCUT2D eigenvalue weighted by Gasteiger charge is -2.37. The molecule has 4 nitrogen and oxygen atoms in total. The largest absolute Gasteiger partial charge is 0.318 e. The lowest BCUT2D eigenvalue weighted by Crippen LogP contribution is -2.35. The minimum atomic E-state index is -0.265. The van der Waals surface area contributed by atoms with Crippen molar-refractivity contribution < 1.29 is 0 Å². The highest BCUT2D eigenvalue weighted by atomic mass is 35.5. The second kappa shape index (κ2) is 9.86. The Bertz CT molecular complexity index is 1550. The number of halogens is 3. The van der Waals surface area contributed by atoms with Crippen LogP contribution in [0.25, 0.3) is 16.9 Å². The molecule has 0 fully saturated rings. The summed E-state index contributed by atoms with van der Waals surface area (Å²) in [7, 11) is 0. The summed E-state index contributed by atoms with van der Waals surface area (Å²) in [5.41, 5.74) is 6.12. The fourth-order valence-corrected chi connectivity index (χ4v) is 5.57. The number of benzene rings is 3. The van der Waals surface area contributed by atoms with Gasteiger partial charge in [-0.15, -0.1) is 0 Å². The zero-order chi connectivity index (χ0) is 25.5. The Labute approximate surface area is 231 Å². The first-order chi connectivity index (χ1) is 18.0. The first-order valence-electron chi connectivity index (χ1n) is 12.2. The molecule has 0 saturated heterocycles. The molecule has 0 saturated carbocycles. The van der Waals surface area contributed by atoms with Crippen molar-refractivity contribution in [2.75, 3.05) is 0 Å². The first-order valence-corrected chi connectivity index (χ1v) is 13.3. The highest BCUT2D eigenvalue weighted by molar-refractivity contribution is 6.45. The maximum Gasteiger partial charge on any atom is 0.164 e. The van der Waals surface area contributed by atoms with Gasteiger partial charge in [0.05, 0.1) is 27.4 Å². The van der Waals surface area contributed by atoms with Crippen LogP contribution in [-0.2, 0) is 6.42 Å². The van der Waals surface area contributed by atoms with E-state index in [1.807, 2.05) is 70.4 Å². The molecule has 0 N–H and O–H groups in total. The predicted octanol–water partition coefficient (Wildman–Crippen LogP) is 8.80. The van der Waals surface area contributed by atoms with Gasteiger partial charge >= 0.3 is 0 Å². The van der Waals surface area contributed by atoms with Gasteiger partial charge in [0.2, 0.25) is 0 Å². The first kappa shape index (κ1) is 24.1. The van der Waals surface area contributed by atoms with Gasteiger partial charge in [-0.3, -0.25) is 0 Å². The van der Waals surface area contributed by atoms with Crippen LogP contribution in [0.4, 0.5) is 5.82 Å². The van der Waals surface area contributed by atoms with E-state index in [9.17, 15) is 0 Å². The van der Waals surface area contributed by atoms with Gasteiger partial charge in [0, 0.05) is 16.8 Å². The van der Waals surface area contributed by atoms with Crippen molar-refractivity contribution in [1.82, 2.24) is 14.7 Å². The molecule has 37 heavy (non-hydrogen) atoms. The number of rotatable bonds is 5. The van der Waals surface area contributed by atoms with Crippen LogP contribution in [0, 0.1) is 0 Å². The van der Waals surface area contributed by atoms with Gasteiger partial charge in [0.15, 0.2) is 11.7 Å². The van der Waals surface area contributed by atoms with Crippen molar-refractivity contribution in [1.29, 1.82) is 0 Å². The van der Waals surface area contributed by atoms with Gasteiger partial charge in [0.1, 0.15) is 5.69 Å². The second-order valence-corrected chi connectivity index (χ2v) is 10.4. The summed E-state index contributed by atoms with van der Waals surface area (Å²) in [6.45, 7) is 2.19. The Morgan fingerprint density at radius 3 is 2.30 bits per heavy atom. The Hall–Kier alpha value is -3.31. The zero-order valence-electron chi connectivity index (χ0n) is 20.1. The molecule has 0 spiro atoms. The fraction of sp³-hybridized carbons (Fsp3) is 0.133. The summed E-state index contributed by atoms with van der Waals surface area (Å²) in [5, 5.41) is 6.83. The smallest absolute Gasteiger partial charge is 0.164 e. The fourth-order valence-electron chi connectivity index (χ4n) is 4.92. The van der Waals surface area contributed by atoms with Crippen LogP contribution in [0.15, 0.2) is 106 Å². The van der Waals surface area contributed by atoms with Crippen molar-refractivity contribution in [3.63, 3.8) is 0 Å². The average Bonchev–Trinajstić information content (AvgIpc) is 3.29. The summed E-state index contributed by atoms with van der Waals surface area (Å²) in [6.07, 6.45) is 5.74. The maximum absolute atomic E-state index is 6.71. The van der Waals surface area contributed by atoms with Crippen molar-refractivity contribution in [2.45, 2.75) is 25.8 Å². The van der Waals surface area contributed by atoms with Crippen molar-refractivity contribution in [2.24, 2.45) is 4.99 Å². The molecule has 2 aliphatic heterocycles. The number of aryl methyl sites for hydroxylation is 1. The number of fused-ring (bicyclic) bond motifs is 2. The van der Waals surface area contributed by atoms with Gasteiger partial charge in [-0.05, 0) is 47.9 Å². The standard InChI is InChI=1S/C30H23Cl3N4/c1-2-6-19-9-11-20(12-10-19)27-26-28(21-13-15-22(31)16-14-21)36-18-23(32)17-25(33)29(36)34-30(26)37(35-27)24-7-4-3-5-8-24/h3-5,7-18,28H,2,6H2,1H3. The molecule has 3 heterocycles. The van der Waals surface area contributed by atoms with E-state index < -0.39 is 0 Å². The van der Waals surface area contributed by atoms with E-state index in [-0.39, 0.29) is 6.04 Å². The van der Waals surface area contributed by atoms with Crippen molar-refractivity contribution in [3.05, 3.63) is 123 Å².